The Bertz CT molecular complexity index is 138. The summed E-state index contributed by atoms with van der Waals surface area (Å²) in [6.07, 6.45) is 4.62. The molecule has 0 saturated carbocycles. The Balaban J connectivity index is 2.17. The van der Waals surface area contributed by atoms with Gasteiger partial charge in [-0.05, 0) is 25.7 Å². The summed E-state index contributed by atoms with van der Waals surface area (Å²) in [7, 11) is 1.74. The minimum atomic E-state index is 0.566. The van der Waals surface area contributed by atoms with Gasteiger partial charge in [0.25, 0.3) is 0 Å². The lowest BCUT2D eigenvalue weighted by atomic mass is 10.0. The van der Waals surface area contributed by atoms with E-state index in [0.29, 0.717) is 6.04 Å². The van der Waals surface area contributed by atoms with Crippen molar-refractivity contribution >= 4 is 17.2 Å². The van der Waals surface area contributed by atoms with Gasteiger partial charge >= 0.3 is 0 Å². The molecule has 0 spiro atoms. The molecule has 0 radical (unpaired) electrons. The molecular formula is C8H15NOS. The minimum absolute atomic E-state index is 0.566. The molecule has 1 atom stereocenters. The van der Waals surface area contributed by atoms with Crippen LogP contribution in [0.25, 0.3) is 0 Å². The summed E-state index contributed by atoms with van der Waals surface area (Å²) < 4.78 is 5.00. The molecule has 1 fully saturated rings. The van der Waals surface area contributed by atoms with Crippen molar-refractivity contribution in [3.05, 3.63) is 0 Å². The molecule has 1 aliphatic heterocycles. The number of nitrogens with one attached hydrogen (secondary N) is 1. The first kappa shape index (κ1) is 8.94. The van der Waals surface area contributed by atoms with Crippen molar-refractivity contribution in [1.82, 2.24) is 5.32 Å². The number of ether oxygens (including phenoxy) is 1. The first-order valence-corrected chi connectivity index (χ1v) is 4.52. The van der Waals surface area contributed by atoms with Gasteiger partial charge in [-0.15, -0.1) is 0 Å². The van der Waals surface area contributed by atoms with E-state index in [9.17, 15) is 0 Å². The lowest BCUT2D eigenvalue weighted by Gasteiger charge is -2.24. The lowest BCUT2D eigenvalue weighted by molar-refractivity contribution is 0.183. The standard InChI is InChI=1S/C8H15NOS/c1-10-6-5-7-3-2-4-8(11)9-7/h7H,2-6H2,1H3,(H,9,11). The van der Waals surface area contributed by atoms with Crippen LogP contribution in [-0.4, -0.2) is 24.7 Å². The van der Waals surface area contributed by atoms with E-state index < -0.39 is 0 Å². The summed E-state index contributed by atoms with van der Waals surface area (Å²) in [5, 5.41) is 3.30. The highest BCUT2D eigenvalue weighted by Gasteiger charge is 2.14. The predicted molar refractivity (Wildman–Crippen MR) is 49.9 cm³/mol. The van der Waals surface area contributed by atoms with Crippen LogP contribution in [-0.2, 0) is 4.74 Å². The molecule has 0 aliphatic carbocycles. The Labute approximate surface area is 73.3 Å². The minimum Gasteiger partial charge on any atom is -0.385 e. The van der Waals surface area contributed by atoms with E-state index in [1.54, 1.807) is 7.11 Å². The van der Waals surface area contributed by atoms with Crippen LogP contribution in [0.2, 0.25) is 0 Å². The SMILES string of the molecule is COCCC1CCCC(=S)N1. The Kier molecular flexibility index (Phi) is 3.80. The van der Waals surface area contributed by atoms with Gasteiger partial charge in [-0.1, -0.05) is 12.2 Å². The third-order valence-corrected chi connectivity index (χ3v) is 2.31. The van der Waals surface area contributed by atoms with Gasteiger partial charge in [0.15, 0.2) is 0 Å². The van der Waals surface area contributed by atoms with Crippen LogP contribution in [0.3, 0.4) is 0 Å². The molecule has 0 aromatic carbocycles. The normalized spacial score (nSPS) is 24.8. The molecule has 0 bridgehead atoms. The molecule has 1 unspecified atom stereocenters. The maximum atomic E-state index is 5.08. The van der Waals surface area contributed by atoms with Crippen LogP contribution in [0.4, 0.5) is 0 Å². The second kappa shape index (κ2) is 4.67. The molecule has 1 N–H and O–H groups in total. The van der Waals surface area contributed by atoms with Gasteiger partial charge < -0.3 is 10.1 Å². The largest absolute Gasteiger partial charge is 0.385 e. The summed E-state index contributed by atoms with van der Waals surface area (Å²) in [6.45, 7) is 0.834. The van der Waals surface area contributed by atoms with E-state index in [1.165, 1.54) is 12.8 Å². The Hall–Kier alpha value is -0.150. The van der Waals surface area contributed by atoms with E-state index in [1.807, 2.05) is 0 Å². The maximum Gasteiger partial charge on any atom is 0.0755 e. The van der Waals surface area contributed by atoms with Gasteiger partial charge in [0, 0.05) is 19.8 Å². The highest BCUT2D eigenvalue weighted by molar-refractivity contribution is 7.80. The summed E-state index contributed by atoms with van der Waals surface area (Å²) in [6, 6.07) is 0.566. The van der Waals surface area contributed by atoms with E-state index in [0.717, 1.165) is 24.4 Å². The predicted octanol–water partition coefficient (Wildman–Crippen LogP) is 1.49. The van der Waals surface area contributed by atoms with Crippen LogP contribution in [0.1, 0.15) is 25.7 Å². The summed E-state index contributed by atoms with van der Waals surface area (Å²) in [5.74, 6) is 0. The van der Waals surface area contributed by atoms with Crippen molar-refractivity contribution in [3.63, 3.8) is 0 Å². The molecule has 11 heavy (non-hydrogen) atoms. The van der Waals surface area contributed by atoms with Crippen molar-refractivity contribution < 1.29 is 4.74 Å². The number of thiocarbonyl (C=S) groups is 1. The fourth-order valence-corrected chi connectivity index (χ4v) is 1.67. The Morgan fingerprint density at radius 2 is 2.55 bits per heavy atom. The molecule has 1 aliphatic rings. The molecule has 2 nitrogen and oxygen atoms in total. The van der Waals surface area contributed by atoms with Crippen molar-refractivity contribution in [1.29, 1.82) is 0 Å². The highest BCUT2D eigenvalue weighted by Crippen LogP contribution is 2.11. The van der Waals surface area contributed by atoms with E-state index in [4.69, 9.17) is 17.0 Å². The number of methoxy groups -OCH3 is 1. The topological polar surface area (TPSA) is 21.3 Å². The van der Waals surface area contributed by atoms with Crippen molar-refractivity contribution in [2.24, 2.45) is 0 Å². The van der Waals surface area contributed by atoms with Gasteiger partial charge in [-0.25, -0.2) is 0 Å². The molecule has 1 saturated heterocycles. The molecule has 1 heterocycles. The number of hydrogen-bond acceptors (Lipinski definition) is 2. The highest BCUT2D eigenvalue weighted by atomic mass is 32.1. The molecule has 64 valence electrons. The monoisotopic (exact) mass is 173 g/mol. The second-order valence-corrected chi connectivity index (χ2v) is 3.43. The quantitative estimate of drug-likeness (QED) is 0.653. The number of piperidine rings is 1. The zero-order valence-electron chi connectivity index (χ0n) is 6.93. The van der Waals surface area contributed by atoms with Crippen molar-refractivity contribution in [3.8, 4) is 0 Å². The Morgan fingerprint density at radius 3 is 3.18 bits per heavy atom. The average Bonchev–Trinajstić information content (AvgIpc) is 2.01. The van der Waals surface area contributed by atoms with Gasteiger partial charge in [0.2, 0.25) is 0 Å². The van der Waals surface area contributed by atoms with Gasteiger partial charge in [0.05, 0.1) is 4.99 Å². The Morgan fingerprint density at radius 1 is 1.73 bits per heavy atom. The summed E-state index contributed by atoms with van der Waals surface area (Å²) >= 11 is 5.08. The van der Waals surface area contributed by atoms with Gasteiger partial charge in [-0.2, -0.15) is 0 Å². The molecule has 0 aromatic heterocycles. The van der Waals surface area contributed by atoms with Crippen LogP contribution in [0, 0.1) is 0 Å². The number of hydrogen-bond donors (Lipinski definition) is 1. The molecule has 0 amide bonds. The average molecular weight is 173 g/mol. The first-order valence-electron chi connectivity index (χ1n) is 4.11. The first-order chi connectivity index (χ1) is 5.33. The molecule has 3 heteroatoms. The lowest BCUT2D eigenvalue weighted by Crippen LogP contribution is -2.38. The van der Waals surface area contributed by atoms with Crippen LogP contribution >= 0.6 is 12.2 Å². The van der Waals surface area contributed by atoms with Gasteiger partial charge in [-0.3, -0.25) is 0 Å². The van der Waals surface area contributed by atoms with Crippen LogP contribution in [0.5, 0.6) is 0 Å². The molecule has 1 rings (SSSR count). The molecule has 0 aromatic rings. The van der Waals surface area contributed by atoms with E-state index >= 15 is 0 Å². The fourth-order valence-electron chi connectivity index (χ4n) is 1.36. The van der Waals surface area contributed by atoms with Crippen LogP contribution < -0.4 is 5.32 Å². The third-order valence-electron chi connectivity index (χ3n) is 1.99. The van der Waals surface area contributed by atoms with Crippen molar-refractivity contribution in [2.45, 2.75) is 31.7 Å². The fraction of sp³-hybridized carbons (Fsp3) is 0.875. The smallest absolute Gasteiger partial charge is 0.0755 e. The van der Waals surface area contributed by atoms with E-state index in [2.05, 4.69) is 5.32 Å². The summed E-state index contributed by atoms with van der Waals surface area (Å²) in [4.78, 5) is 1.03. The van der Waals surface area contributed by atoms with Gasteiger partial charge in [0.1, 0.15) is 0 Å². The molecular weight excluding hydrogens is 158 g/mol. The van der Waals surface area contributed by atoms with E-state index in [-0.39, 0.29) is 0 Å². The summed E-state index contributed by atoms with van der Waals surface area (Å²) in [5.41, 5.74) is 0. The maximum absolute atomic E-state index is 5.08. The zero-order chi connectivity index (χ0) is 8.10. The van der Waals surface area contributed by atoms with Crippen molar-refractivity contribution in [2.75, 3.05) is 13.7 Å². The third kappa shape index (κ3) is 3.16. The number of rotatable bonds is 3. The second-order valence-electron chi connectivity index (χ2n) is 2.94. The van der Waals surface area contributed by atoms with Crippen LogP contribution in [0.15, 0.2) is 0 Å². The zero-order valence-corrected chi connectivity index (χ0v) is 7.75.